The number of hydrogen-bond donors (Lipinski definition) is 2. The number of allylic oxidation sites excluding steroid dienone is 1. The minimum atomic E-state index is -1.22. The maximum absolute atomic E-state index is 12.9. The van der Waals surface area contributed by atoms with Gasteiger partial charge in [-0.3, -0.25) is 14.4 Å². The molecule has 0 aliphatic carbocycles. The number of thioether (sulfide) groups is 1. The second kappa shape index (κ2) is 10.7. The predicted molar refractivity (Wildman–Crippen MR) is 130 cm³/mol. The van der Waals surface area contributed by atoms with E-state index < -0.39 is 23.7 Å². The number of rotatable bonds is 6. The number of nitrogens with zero attached hydrogens (tertiary/aromatic N) is 1. The fraction of sp³-hybridized carbons (Fsp3) is 0.250. The van der Waals surface area contributed by atoms with Gasteiger partial charge in [0.05, 0.1) is 29.5 Å². The molecule has 2 amide bonds. The predicted octanol–water partition coefficient (Wildman–Crippen LogP) is 4.18. The molecule has 2 atom stereocenters. The largest absolute Gasteiger partial charge is 0.468 e. The molecular weight excluding hydrogens is 506 g/mol. The van der Waals surface area contributed by atoms with Crippen LogP contribution in [0.15, 0.2) is 57.5 Å². The van der Waals surface area contributed by atoms with E-state index in [0.29, 0.717) is 11.3 Å². The summed E-state index contributed by atoms with van der Waals surface area (Å²) in [5.41, 5.74) is 3.54. The van der Waals surface area contributed by atoms with Gasteiger partial charge in [0, 0.05) is 16.1 Å². The molecule has 33 heavy (non-hydrogen) atoms. The second-order valence-corrected chi connectivity index (χ2v) is 9.43. The van der Waals surface area contributed by atoms with Gasteiger partial charge < -0.3 is 15.4 Å². The Bertz CT molecular complexity index is 1190. The fourth-order valence-corrected chi connectivity index (χ4v) is 4.92. The van der Waals surface area contributed by atoms with Crippen molar-refractivity contribution in [2.45, 2.75) is 19.8 Å². The summed E-state index contributed by atoms with van der Waals surface area (Å²) in [6.07, 6.45) is 0. The highest BCUT2D eigenvalue weighted by Gasteiger charge is 2.44. The van der Waals surface area contributed by atoms with Gasteiger partial charge in [-0.2, -0.15) is 5.26 Å². The van der Waals surface area contributed by atoms with Crippen molar-refractivity contribution in [1.29, 1.82) is 5.26 Å². The summed E-state index contributed by atoms with van der Waals surface area (Å²) in [6.45, 7) is 3.88. The van der Waals surface area contributed by atoms with Crippen LogP contribution in [0.1, 0.15) is 22.6 Å². The third-order valence-corrected chi connectivity index (χ3v) is 6.71. The molecule has 170 valence electrons. The van der Waals surface area contributed by atoms with Crippen LogP contribution < -0.4 is 10.6 Å². The van der Waals surface area contributed by atoms with Crippen LogP contribution >= 0.6 is 27.7 Å². The van der Waals surface area contributed by atoms with E-state index >= 15 is 0 Å². The molecule has 0 aromatic heterocycles. The molecule has 0 saturated carbocycles. The third-order valence-electron chi connectivity index (χ3n) is 5.20. The third kappa shape index (κ3) is 5.64. The molecule has 7 nitrogen and oxygen atoms in total. The minimum Gasteiger partial charge on any atom is -0.468 e. The molecule has 3 rings (SSSR count). The number of aryl methyl sites for hydroxylation is 2. The lowest BCUT2D eigenvalue weighted by atomic mass is 9.78. The Kier molecular flexibility index (Phi) is 7.95. The van der Waals surface area contributed by atoms with E-state index in [9.17, 15) is 19.6 Å². The van der Waals surface area contributed by atoms with Gasteiger partial charge in [-0.05, 0) is 43.2 Å². The summed E-state index contributed by atoms with van der Waals surface area (Å²) in [4.78, 5) is 37.9. The number of anilines is 1. The van der Waals surface area contributed by atoms with Crippen molar-refractivity contribution in [3.8, 4) is 6.07 Å². The second-order valence-electron chi connectivity index (χ2n) is 7.53. The molecule has 2 aromatic carbocycles. The quantitative estimate of drug-likeness (QED) is 0.431. The van der Waals surface area contributed by atoms with Crippen molar-refractivity contribution in [3.05, 3.63) is 74.2 Å². The Labute approximate surface area is 204 Å². The number of esters is 1. The first-order valence-corrected chi connectivity index (χ1v) is 11.8. The summed E-state index contributed by atoms with van der Waals surface area (Å²) in [5.74, 6) is -3.67. The standard InChI is InChI=1S/C24H22BrN3O4S/c1-13-7-8-18(14(2)9-13)27-19(29)12-33-23-17(11-26)20(15-5-4-6-16(25)10-15)21(22(30)28-23)24(31)32-3/h4-10,20-21H,12H2,1-3H3,(H,27,29)(H,28,30)/t20-,21-/m0/s1. The zero-order chi connectivity index (χ0) is 24.1. The number of carbonyl (C=O) groups is 3. The lowest BCUT2D eigenvalue weighted by Crippen LogP contribution is -2.44. The summed E-state index contributed by atoms with van der Waals surface area (Å²) < 4.78 is 5.58. The van der Waals surface area contributed by atoms with Crippen LogP contribution in [0.2, 0.25) is 0 Å². The topological polar surface area (TPSA) is 108 Å². The molecule has 9 heteroatoms. The van der Waals surface area contributed by atoms with Crippen LogP contribution in [-0.2, 0) is 19.1 Å². The van der Waals surface area contributed by atoms with E-state index in [1.807, 2.05) is 38.1 Å². The molecule has 0 radical (unpaired) electrons. The van der Waals surface area contributed by atoms with Crippen LogP contribution in [0.4, 0.5) is 5.69 Å². The van der Waals surface area contributed by atoms with Crippen LogP contribution in [0.5, 0.6) is 0 Å². The van der Waals surface area contributed by atoms with E-state index in [1.54, 1.807) is 18.2 Å². The highest BCUT2D eigenvalue weighted by Crippen LogP contribution is 2.40. The van der Waals surface area contributed by atoms with Crippen molar-refractivity contribution in [1.82, 2.24) is 5.32 Å². The first kappa shape index (κ1) is 24.6. The van der Waals surface area contributed by atoms with Gasteiger partial charge in [0.2, 0.25) is 11.8 Å². The van der Waals surface area contributed by atoms with E-state index in [-0.39, 0.29) is 22.3 Å². The Morgan fingerprint density at radius 1 is 1.24 bits per heavy atom. The van der Waals surface area contributed by atoms with Crippen molar-refractivity contribution >= 4 is 51.2 Å². The van der Waals surface area contributed by atoms with Gasteiger partial charge >= 0.3 is 5.97 Å². The van der Waals surface area contributed by atoms with Crippen LogP contribution in [0, 0.1) is 31.1 Å². The zero-order valence-electron chi connectivity index (χ0n) is 18.3. The SMILES string of the molecule is COC(=O)[C@@H]1C(=O)NC(SCC(=O)Nc2ccc(C)cc2C)=C(C#N)[C@@H]1c1cccc(Br)c1. The molecule has 0 bridgehead atoms. The van der Waals surface area contributed by atoms with E-state index in [4.69, 9.17) is 4.74 Å². The Morgan fingerprint density at radius 3 is 2.64 bits per heavy atom. The Morgan fingerprint density at radius 2 is 2.00 bits per heavy atom. The molecule has 1 heterocycles. The number of halogens is 1. The maximum atomic E-state index is 12.9. The number of benzene rings is 2. The lowest BCUT2D eigenvalue weighted by Gasteiger charge is -2.31. The van der Waals surface area contributed by atoms with Crippen LogP contribution in [-0.4, -0.2) is 30.6 Å². The summed E-state index contributed by atoms with van der Waals surface area (Å²) in [5, 5.41) is 15.7. The summed E-state index contributed by atoms with van der Waals surface area (Å²) >= 11 is 4.44. The van der Waals surface area contributed by atoms with Crippen molar-refractivity contribution in [2.75, 3.05) is 18.2 Å². The Hall–Kier alpha value is -3.09. The van der Waals surface area contributed by atoms with Gasteiger partial charge in [-0.15, -0.1) is 0 Å². The lowest BCUT2D eigenvalue weighted by molar-refractivity contribution is -0.150. The number of nitriles is 1. The van der Waals surface area contributed by atoms with Crippen LogP contribution in [0.3, 0.4) is 0 Å². The molecule has 2 N–H and O–H groups in total. The molecule has 0 unspecified atom stereocenters. The average molecular weight is 528 g/mol. The highest BCUT2D eigenvalue weighted by atomic mass is 79.9. The van der Waals surface area contributed by atoms with Crippen LogP contribution in [0.25, 0.3) is 0 Å². The first-order chi connectivity index (χ1) is 15.7. The van der Waals surface area contributed by atoms with Gasteiger partial charge in [0.25, 0.3) is 0 Å². The van der Waals surface area contributed by atoms with Crippen molar-refractivity contribution < 1.29 is 19.1 Å². The molecule has 2 aromatic rings. The number of nitrogens with one attached hydrogen (secondary N) is 2. The summed E-state index contributed by atoms with van der Waals surface area (Å²) in [6, 6.07) is 14.9. The zero-order valence-corrected chi connectivity index (χ0v) is 20.7. The normalized spacial score (nSPS) is 17.7. The number of hydrogen-bond acceptors (Lipinski definition) is 6. The Balaban J connectivity index is 1.89. The molecule has 0 spiro atoms. The number of methoxy groups -OCH3 is 1. The number of ether oxygens (including phenoxy) is 1. The average Bonchev–Trinajstić information content (AvgIpc) is 2.78. The maximum Gasteiger partial charge on any atom is 0.319 e. The van der Waals surface area contributed by atoms with Crippen molar-refractivity contribution in [2.24, 2.45) is 5.92 Å². The summed E-state index contributed by atoms with van der Waals surface area (Å²) in [7, 11) is 1.20. The van der Waals surface area contributed by atoms with E-state index in [2.05, 4.69) is 32.6 Å². The molecule has 1 aliphatic heterocycles. The minimum absolute atomic E-state index is 0.0256. The molecule has 0 saturated heterocycles. The van der Waals surface area contributed by atoms with Crippen molar-refractivity contribution in [3.63, 3.8) is 0 Å². The fourth-order valence-electron chi connectivity index (χ4n) is 3.66. The highest BCUT2D eigenvalue weighted by molar-refractivity contribution is 9.10. The van der Waals surface area contributed by atoms with Gasteiger partial charge in [-0.1, -0.05) is 57.5 Å². The monoisotopic (exact) mass is 527 g/mol. The number of carbonyl (C=O) groups excluding carboxylic acids is 3. The smallest absolute Gasteiger partial charge is 0.319 e. The molecule has 0 fully saturated rings. The van der Waals surface area contributed by atoms with Gasteiger partial charge in [-0.25, -0.2) is 0 Å². The van der Waals surface area contributed by atoms with Gasteiger partial charge in [0.1, 0.15) is 5.92 Å². The number of amides is 2. The molecular formula is C24H22BrN3O4S. The first-order valence-electron chi connectivity index (χ1n) is 10.0. The van der Waals surface area contributed by atoms with Gasteiger partial charge in [0.15, 0.2) is 0 Å². The van der Waals surface area contributed by atoms with E-state index in [1.165, 1.54) is 7.11 Å². The van der Waals surface area contributed by atoms with E-state index in [0.717, 1.165) is 27.4 Å². The molecule has 1 aliphatic rings.